The summed E-state index contributed by atoms with van der Waals surface area (Å²) in [7, 11) is 0. The number of benzene rings is 2. The van der Waals surface area contributed by atoms with Gasteiger partial charge in [0.2, 0.25) is 0 Å². The summed E-state index contributed by atoms with van der Waals surface area (Å²) in [5.41, 5.74) is 10.5. The third-order valence-electron chi connectivity index (χ3n) is 5.43. The van der Waals surface area contributed by atoms with Crippen molar-refractivity contribution in [2.45, 2.75) is 63.8 Å². The highest BCUT2D eigenvalue weighted by molar-refractivity contribution is 5.48. The third-order valence-corrected chi connectivity index (χ3v) is 5.43. The zero-order valence-electron chi connectivity index (χ0n) is 14.9. The molecule has 1 fully saturated rings. The Balaban J connectivity index is 1.94. The average molecular weight is 323 g/mol. The van der Waals surface area contributed by atoms with Crippen molar-refractivity contribution in [2.75, 3.05) is 0 Å². The van der Waals surface area contributed by atoms with Gasteiger partial charge in [0.15, 0.2) is 0 Å². The molecule has 1 saturated carbocycles. The molecule has 0 aromatic heterocycles. The lowest BCUT2D eigenvalue weighted by atomic mass is 9.79. The first-order valence-electron chi connectivity index (χ1n) is 9.14. The van der Waals surface area contributed by atoms with E-state index in [1.807, 2.05) is 32.0 Å². The van der Waals surface area contributed by atoms with Crippen molar-refractivity contribution >= 4 is 0 Å². The molecule has 128 valence electrons. The van der Waals surface area contributed by atoms with Crippen LogP contribution < -0.4 is 5.73 Å². The van der Waals surface area contributed by atoms with Gasteiger partial charge >= 0.3 is 0 Å². The first-order valence-corrected chi connectivity index (χ1v) is 9.14. The van der Waals surface area contributed by atoms with E-state index >= 15 is 0 Å². The summed E-state index contributed by atoms with van der Waals surface area (Å²) in [6, 6.07) is 14.6. The number of phenolic OH excluding ortho intramolecular Hbond substituents is 1. The van der Waals surface area contributed by atoms with Gasteiger partial charge in [-0.3, -0.25) is 0 Å². The number of nitrogens with two attached hydrogens (primary N) is 1. The van der Waals surface area contributed by atoms with Crippen molar-refractivity contribution in [2.24, 2.45) is 5.73 Å². The lowest BCUT2D eigenvalue weighted by molar-refractivity contribution is 0.414. The van der Waals surface area contributed by atoms with Crippen LogP contribution in [0.1, 0.15) is 67.2 Å². The number of hydrogen-bond donors (Lipinski definition) is 2. The van der Waals surface area contributed by atoms with E-state index in [1.165, 1.54) is 43.2 Å². The molecule has 0 aliphatic heterocycles. The fourth-order valence-electron chi connectivity index (χ4n) is 4.03. The predicted molar refractivity (Wildman–Crippen MR) is 100 cm³/mol. The van der Waals surface area contributed by atoms with E-state index in [-0.39, 0.29) is 0 Å². The van der Waals surface area contributed by atoms with Crippen LogP contribution in [0, 0.1) is 6.92 Å². The Bertz CT molecular complexity index is 685. The van der Waals surface area contributed by atoms with Crippen LogP contribution in [0.2, 0.25) is 0 Å². The third kappa shape index (κ3) is 3.64. The van der Waals surface area contributed by atoms with Crippen LogP contribution in [0.5, 0.6) is 5.75 Å². The highest BCUT2D eigenvalue weighted by Gasteiger charge is 2.28. The van der Waals surface area contributed by atoms with Crippen LogP contribution in [-0.2, 0) is 12.0 Å². The van der Waals surface area contributed by atoms with Gasteiger partial charge in [-0.2, -0.15) is 0 Å². The smallest absolute Gasteiger partial charge is 0.123 e. The number of hydrogen-bond acceptors (Lipinski definition) is 2. The summed E-state index contributed by atoms with van der Waals surface area (Å²) in [5.74, 6) is 0.972. The topological polar surface area (TPSA) is 46.2 Å². The van der Waals surface area contributed by atoms with E-state index in [0.717, 1.165) is 17.5 Å². The standard InChI is InChI=1S/C22H29NO/c1-16-13-19(18-11-7-4-8-12-18)14-20(21(16)24)22(2,23)15-17-9-5-3-6-10-17/h3,5-6,9-10,13-14,18,24H,4,7-8,11-12,15,23H2,1-2H3. The van der Waals surface area contributed by atoms with Crippen LogP contribution in [-0.4, -0.2) is 5.11 Å². The van der Waals surface area contributed by atoms with Crippen molar-refractivity contribution < 1.29 is 5.11 Å². The Kier molecular flexibility index (Phi) is 4.96. The predicted octanol–water partition coefficient (Wildman–Crippen LogP) is 5.16. The lowest BCUT2D eigenvalue weighted by Gasteiger charge is -2.30. The maximum absolute atomic E-state index is 10.7. The molecular formula is C22H29NO. The molecule has 0 saturated heterocycles. The number of aryl methyl sites for hydroxylation is 1. The molecular weight excluding hydrogens is 294 g/mol. The summed E-state index contributed by atoms with van der Waals surface area (Å²) in [6.07, 6.45) is 7.19. The normalized spacial score (nSPS) is 18.3. The maximum Gasteiger partial charge on any atom is 0.123 e. The van der Waals surface area contributed by atoms with Crippen molar-refractivity contribution in [3.05, 3.63) is 64.7 Å². The van der Waals surface area contributed by atoms with Crippen LogP contribution in [0.15, 0.2) is 42.5 Å². The second-order valence-corrected chi connectivity index (χ2v) is 7.65. The molecule has 24 heavy (non-hydrogen) atoms. The second-order valence-electron chi connectivity index (χ2n) is 7.65. The van der Waals surface area contributed by atoms with Crippen molar-refractivity contribution in [3.63, 3.8) is 0 Å². The van der Waals surface area contributed by atoms with E-state index in [1.54, 1.807) is 0 Å². The summed E-state index contributed by atoms with van der Waals surface area (Å²) in [5, 5.41) is 10.7. The highest BCUT2D eigenvalue weighted by Crippen LogP contribution is 2.39. The highest BCUT2D eigenvalue weighted by atomic mass is 16.3. The van der Waals surface area contributed by atoms with Gasteiger partial charge in [0.25, 0.3) is 0 Å². The van der Waals surface area contributed by atoms with Crippen LogP contribution in [0.3, 0.4) is 0 Å². The maximum atomic E-state index is 10.7. The molecule has 1 aliphatic rings. The summed E-state index contributed by atoms with van der Waals surface area (Å²) in [6.45, 7) is 4.02. The zero-order chi connectivity index (χ0) is 17.2. The van der Waals surface area contributed by atoms with Crippen LogP contribution >= 0.6 is 0 Å². The summed E-state index contributed by atoms with van der Waals surface area (Å²) >= 11 is 0. The van der Waals surface area contributed by atoms with Gasteiger partial charge < -0.3 is 10.8 Å². The Morgan fingerprint density at radius 1 is 1.08 bits per heavy atom. The molecule has 2 aromatic carbocycles. The van der Waals surface area contributed by atoms with Gasteiger partial charge in [-0.25, -0.2) is 0 Å². The first-order chi connectivity index (χ1) is 11.5. The molecule has 1 atom stereocenters. The van der Waals surface area contributed by atoms with E-state index in [2.05, 4.69) is 24.3 Å². The molecule has 2 aromatic rings. The average Bonchev–Trinajstić information content (AvgIpc) is 2.58. The molecule has 2 nitrogen and oxygen atoms in total. The molecule has 2 heteroatoms. The fourth-order valence-corrected chi connectivity index (χ4v) is 4.03. The monoisotopic (exact) mass is 323 g/mol. The quantitative estimate of drug-likeness (QED) is 0.816. The van der Waals surface area contributed by atoms with Crippen LogP contribution in [0.25, 0.3) is 0 Å². The van der Waals surface area contributed by atoms with E-state index < -0.39 is 5.54 Å². The molecule has 0 bridgehead atoms. The number of rotatable bonds is 4. The summed E-state index contributed by atoms with van der Waals surface area (Å²) in [4.78, 5) is 0. The fraction of sp³-hybridized carbons (Fsp3) is 0.455. The van der Waals surface area contributed by atoms with Crippen LogP contribution in [0.4, 0.5) is 0 Å². The lowest BCUT2D eigenvalue weighted by Crippen LogP contribution is -2.36. The molecule has 1 aliphatic carbocycles. The van der Waals surface area contributed by atoms with E-state index in [0.29, 0.717) is 11.7 Å². The van der Waals surface area contributed by atoms with Gasteiger partial charge in [0.05, 0.1) is 0 Å². The summed E-state index contributed by atoms with van der Waals surface area (Å²) < 4.78 is 0. The Morgan fingerprint density at radius 3 is 2.42 bits per heavy atom. The van der Waals surface area contributed by atoms with Crippen molar-refractivity contribution in [3.8, 4) is 5.75 Å². The molecule has 0 radical (unpaired) electrons. The van der Waals surface area contributed by atoms with Gasteiger partial charge in [-0.05, 0) is 61.8 Å². The second kappa shape index (κ2) is 6.98. The Hall–Kier alpha value is -1.80. The number of phenols is 1. The van der Waals surface area contributed by atoms with Crippen molar-refractivity contribution in [1.82, 2.24) is 0 Å². The van der Waals surface area contributed by atoms with Gasteiger partial charge in [-0.1, -0.05) is 55.7 Å². The SMILES string of the molecule is Cc1cc(C2CCCCC2)cc(C(C)(N)Cc2ccccc2)c1O. The van der Waals surface area contributed by atoms with Gasteiger partial charge in [-0.15, -0.1) is 0 Å². The molecule has 0 amide bonds. The van der Waals surface area contributed by atoms with E-state index in [4.69, 9.17) is 5.73 Å². The Labute approximate surface area is 145 Å². The minimum Gasteiger partial charge on any atom is -0.507 e. The largest absolute Gasteiger partial charge is 0.507 e. The minimum absolute atomic E-state index is 0.357. The van der Waals surface area contributed by atoms with Gasteiger partial charge in [0, 0.05) is 11.1 Å². The van der Waals surface area contributed by atoms with Gasteiger partial charge in [0.1, 0.15) is 5.75 Å². The van der Waals surface area contributed by atoms with E-state index in [9.17, 15) is 5.11 Å². The minimum atomic E-state index is -0.582. The first kappa shape index (κ1) is 17.0. The molecule has 0 spiro atoms. The molecule has 1 unspecified atom stereocenters. The molecule has 3 rings (SSSR count). The van der Waals surface area contributed by atoms with Crippen molar-refractivity contribution in [1.29, 1.82) is 0 Å². The Morgan fingerprint density at radius 2 is 1.75 bits per heavy atom. The molecule has 3 N–H and O–H groups in total. The number of aromatic hydroxyl groups is 1. The molecule has 0 heterocycles. The zero-order valence-corrected chi connectivity index (χ0v) is 14.9.